The lowest BCUT2D eigenvalue weighted by Crippen LogP contribution is -2.28. The molecule has 1 rings (SSSR count). The number of ether oxygens (including phenoxy) is 1. The van der Waals surface area contributed by atoms with Crippen LogP contribution in [0.1, 0.15) is 43.5 Å². The van der Waals surface area contributed by atoms with Crippen molar-refractivity contribution in [3.05, 3.63) is 34.9 Å². The first-order valence-corrected chi connectivity index (χ1v) is 7.40. The van der Waals surface area contributed by atoms with Crippen LogP contribution in [0.25, 0.3) is 0 Å². The Morgan fingerprint density at radius 2 is 1.86 bits per heavy atom. The maximum Gasteiger partial charge on any atom is 0.411 e. The van der Waals surface area contributed by atoms with Crippen LogP contribution in [-0.2, 0) is 17.6 Å². The van der Waals surface area contributed by atoms with Gasteiger partial charge in [-0.15, -0.1) is 0 Å². The van der Waals surface area contributed by atoms with Crippen molar-refractivity contribution in [1.29, 1.82) is 0 Å². The van der Waals surface area contributed by atoms with Gasteiger partial charge in [-0.2, -0.15) is 13.2 Å². The zero-order valence-corrected chi connectivity index (χ0v) is 12.9. The second-order valence-electron chi connectivity index (χ2n) is 4.98. The summed E-state index contributed by atoms with van der Waals surface area (Å²) in [4.78, 5) is 0. The van der Waals surface area contributed by atoms with E-state index >= 15 is 0 Å². The number of benzene rings is 1. The average Bonchev–Trinajstić information content (AvgIpc) is 2.44. The lowest BCUT2D eigenvalue weighted by atomic mass is 9.95. The Morgan fingerprint density at radius 3 is 2.38 bits per heavy atom. The Labute approximate surface area is 124 Å². The van der Waals surface area contributed by atoms with Crippen LogP contribution in [0.5, 0.6) is 0 Å². The highest BCUT2D eigenvalue weighted by Gasteiger charge is 2.28. The normalized spacial score (nSPS) is 13.4. The molecule has 2 nitrogen and oxygen atoms in total. The maximum absolute atomic E-state index is 12.2. The van der Waals surface area contributed by atoms with Gasteiger partial charge < -0.3 is 10.1 Å². The van der Waals surface area contributed by atoms with Gasteiger partial charge in [0, 0.05) is 0 Å². The average molecular weight is 303 g/mol. The Balaban J connectivity index is 2.88. The van der Waals surface area contributed by atoms with E-state index < -0.39 is 12.8 Å². The first kappa shape index (κ1) is 18.0. The highest BCUT2D eigenvalue weighted by atomic mass is 19.4. The highest BCUT2D eigenvalue weighted by molar-refractivity contribution is 5.34. The van der Waals surface area contributed by atoms with E-state index in [0.29, 0.717) is 6.54 Å². The molecule has 0 spiro atoms. The summed E-state index contributed by atoms with van der Waals surface area (Å²) < 4.78 is 41.5. The van der Waals surface area contributed by atoms with Crippen molar-refractivity contribution < 1.29 is 17.9 Å². The van der Waals surface area contributed by atoms with Crippen LogP contribution in [0.3, 0.4) is 0 Å². The monoisotopic (exact) mass is 303 g/mol. The molecule has 0 saturated heterocycles. The molecule has 0 aliphatic rings. The smallest absolute Gasteiger partial charge is 0.370 e. The molecule has 0 amide bonds. The molecular weight excluding hydrogens is 279 g/mol. The van der Waals surface area contributed by atoms with Crippen LogP contribution in [0.2, 0.25) is 0 Å². The summed E-state index contributed by atoms with van der Waals surface area (Å²) in [6, 6.07) is 5.99. The number of rotatable bonds is 8. The minimum Gasteiger partial charge on any atom is -0.370 e. The lowest BCUT2D eigenvalue weighted by molar-refractivity contribution is -0.175. The van der Waals surface area contributed by atoms with Gasteiger partial charge in [0.1, 0.15) is 6.61 Å². The van der Waals surface area contributed by atoms with E-state index in [1.807, 2.05) is 13.8 Å². The van der Waals surface area contributed by atoms with Gasteiger partial charge in [-0.25, -0.2) is 0 Å². The minimum atomic E-state index is -4.28. The summed E-state index contributed by atoms with van der Waals surface area (Å²) in [5, 5.41) is 3.22. The summed E-state index contributed by atoms with van der Waals surface area (Å²) >= 11 is 0. The van der Waals surface area contributed by atoms with Crippen molar-refractivity contribution in [3.8, 4) is 0 Å². The van der Waals surface area contributed by atoms with Gasteiger partial charge in [-0.1, -0.05) is 39.0 Å². The Kier molecular flexibility index (Phi) is 7.18. The summed E-state index contributed by atoms with van der Waals surface area (Å²) in [5.74, 6) is 0. The number of halogens is 3. The number of likely N-dealkylation sites (N-methyl/N-ethyl adjacent to an activating group) is 1. The number of aryl methyl sites for hydroxylation is 2. The van der Waals surface area contributed by atoms with Gasteiger partial charge in [-0.3, -0.25) is 0 Å². The van der Waals surface area contributed by atoms with Crippen molar-refractivity contribution in [1.82, 2.24) is 5.32 Å². The summed E-state index contributed by atoms with van der Waals surface area (Å²) in [5.41, 5.74) is 3.37. The third-order valence-electron chi connectivity index (χ3n) is 3.38. The highest BCUT2D eigenvalue weighted by Crippen LogP contribution is 2.23. The molecule has 1 N–H and O–H groups in total. The zero-order chi connectivity index (χ0) is 15.9. The zero-order valence-electron chi connectivity index (χ0n) is 12.9. The van der Waals surface area contributed by atoms with E-state index in [0.717, 1.165) is 24.0 Å². The van der Waals surface area contributed by atoms with Crippen LogP contribution in [0, 0.1) is 0 Å². The first-order valence-electron chi connectivity index (χ1n) is 7.40. The van der Waals surface area contributed by atoms with Gasteiger partial charge >= 0.3 is 6.18 Å². The van der Waals surface area contributed by atoms with Crippen molar-refractivity contribution in [2.24, 2.45) is 0 Å². The van der Waals surface area contributed by atoms with E-state index in [9.17, 15) is 13.2 Å². The molecule has 0 saturated carbocycles. The van der Waals surface area contributed by atoms with Crippen molar-refractivity contribution in [2.75, 3.05) is 19.8 Å². The van der Waals surface area contributed by atoms with Gasteiger partial charge in [0.2, 0.25) is 0 Å². The van der Waals surface area contributed by atoms with Gasteiger partial charge in [-0.05, 0) is 36.1 Å². The summed E-state index contributed by atoms with van der Waals surface area (Å²) in [6.45, 7) is 5.54. The van der Waals surface area contributed by atoms with Gasteiger partial charge in [0.25, 0.3) is 0 Å². The molecule has 1 unspecified atom stereocenters. The molecule has 0 aliphatic carbocycles. The molecule has 0 bridgehead atoms. The number of nitrogens with one attached hydrogen (secondary N) is 1. The number of hydrogen-bond donors (Lipinski definition) is 1. The molecule has 0 aromatic heterocycles. The summed E-state index contributed by atoms with van der Waals surface area (Å²) in [6.07, 6.45) is -2.53. The molecule has 21 heavy (non-hydrogen) atoms. The Bertz CT molecular complexity index is 432. The van der Waals surface area contributed by atoms with E-state index in [-0.39, 0.29) is 12.6 Å². The molecule has 0 radical (unpaired) electrons. The van der Waals surface area contributed by atoms with Crippen molar-refractivity contribution in [2.45, 2.75) is 45.8 Å². The molecule has 0 aliphatic heterocycles. The number of hydrogen-bond acceptors (Lipinski definition) is 2. The van der Waals surface area contributed by atoms with Crippen LogP contribution in [0.15, 0.2) is 18.2 Å². The Morgan fingerprint density at radius 1 is 1.14 bits per heavy atom. The Hall–Kier alpha value is -1.07. The van der Waals surface area contributed by atoms with E-state index in [2.05, 4.69) is 30.4 Å². The fourth-order valence-corrected chi connectivity index (χ4v) is 2.31. The van der Waals surface area contributed by atoms with Gasteiger partial charge in [0.15, 0.2) is 0 Å². The van der Waals surface area contributed by atoms with Crippen LogP contribution in [-0.4, -0.2) is 25.9 Å². The first-order chi connectivity index (χ1) is 9.91. The standard InChI is InChI=1S/C16H24F3NO/c1-4-12-7-8-13(5-2)14(9-12)15(20-6-3)10-21-11-16(17,18)19/h7-9,15,20H,4-6,10-11H2,1-3H3. The fraction of sp³-hybridized carbons (Fsp3) is 0.625. The molecule has 1 aromatic carbocycles. The number of alkyl halides is 3. The van der Waals surface area contributed by atoms with Crippen LogP contribution < -0.4 is 5.32 Å². The molecule has 1 aromatic rings. The van der Waals surface area contributed by atoms with E-state index in [1.54, 1.807) is 0 Å². The molecule has 0 fully saturated rings. The topological polar surface area (TPSA) is 21.3 Å². The maximum atomic E-state index is 12.2. The van der Waals surface area contributed by atoms with E-state index in [1.165, 1.54) is 5.56 Å². The second kappa shape index (κ2) is 8.39. The molecule has 5 heteroatoms. The fourth-order valence-electron chi connectivity index (χ4n) is 2.31. The molecule has 120 valence electrons. The van der Waals surface area contributed by atoms with Crippen molar-refractivity contribution in [3.63, 3.8) is 0 Å². The minimum absolute atomic E-state index is 0.0213. The molecular formula is C16H24F3NO. The van der Waals surface area contributed by atoms with Gasteiger partial charge in [0.05, 0.1) is 12.6 Å². The second-order valence-corrected chi connectivity index (χ2v) is 4.98. The predicted molar refractivity (Wildman–Crippen MR) is 78.5 cm³/mol. The SMILES string of the molecule is CCNC(COCC(F)(F)F)c1cc(CC)ccc1CC. The van der Waals surface area contributed by atoms with Crippen LogP contribution in [0.4, 0.5) is 13.2 Å². The van der Waals surface area contributed by atoms with E-state index in [4.69, 9.17) is 4.74 Å². The largest absolute Gasteiger partial charge is 0.411 e. The molecule has 0 heterocycles. The third-order valence-corrected chi connectivity index (χ3v) is 3.38. The quantitative estimate of drug-likeness (QED) is 0.782. The molecule has 1 atom stereocenters. The third kappa shape index (κ3) is 6.06. The van der Waals surface area contributed by atoms with Crippen molar-refractivity contribution >= 4 is 0 Å². The van der Waals surface area contributed by atoms with Crippen LogP contribution >= 0.6 is 0 Å². The predicted octanol–water partition coefficient (Wildman–Crippen LogP) is 4.04. The lowest BCUT2D eigenvalue weighted by Gasteiger charge is -2.22. The summed E-state index contributed by atoms with van der Waals surface area (Å²) in [7, 11) is 0.